The van der Waals surface area contributed by atoms with Crippen molar-refractivity contribution in [2.45, 2.75) is 24.3 Å². The average Bonchev–Trinajstić information content (AvgIpc) is 2.80. The Morgan fingerprint density at radius 2 is 1.76 bits per heavy atom. The van der Waals surface area contributed by atoms with Crippen molar-refractivity contribution in [1.82, 2.24) is 9.53 Å². The highest BCUT2D eigenvalue weighted by atomic mass is 32.2. The molecule has 170 valence electrons. The van der Waals surface area contributed by atoms with Gasteiger partial charge in [0.15, 0.2) is 7.98 Å². The van der Waals surface area contributed by atoms with Crippen LogP contribution < -0.4 is 10.0 Å². The standard InChI is InChI=1S/C24H26BN3O4S/c1-16-6-2-3-7-18(16)24(30)26-22-10-11-23(20-9-5-4-8-19(20)22)33(31,32)27-21-12-13-28(25)14-17(21)15-29/h2-11,15,17,21,27H,12-14,25H2,1H3,(H,26,30)/t17-,21+/m1/s1. The highest BCUT2D eigenvalue weighted by Crippen LogP contribution is 2.30. The first-order valence-electron chi connectivity index (χ1n) is 10.8. The van der Waals surface area contributed by atoms with E-state index in [2.05, 4.69) is 10.0 Å². The molecule has 2 N–H and O–H groups in total. The van der Waals surface area contributed by atoms with Crippen LogP contribution in [-0.2, 0) is 14.8 Å². The number of nitrogens with one attached hydrogen (secondary N) is 2. The monoisotopic (exact) mass is 463 g/mol. The summed E-state index contributed by atoms with van der Waals surface area (Å²) in [6.45, 7) is 3.09. The molecule has 9 heteroatoms. The van der Waals surface area contributed by atoms with Crippen LogP contribution in [0.2, 0.25) is 0 Å². The fraction of sp³-hybridized carbons (Fsp3) is 0.250. The number of amides is 1. The molecule has 33 heavy (non-hydrogen) atoms. The van der Waals surface area contributed by atoms with Crippen LogP contribution >= 0.6 is 0 Å². The van der Waals surface area contributed by atoms with E-state index in [4.69, 9.17) is 0 Å². The smallest absolute Gasteiger partial charge is 0.255 e. The molecule has 0 unspecified atom stereocenters. The first-order chi connectivity index (χ1) is 15.8. The van der Waals surface area contributed by atoms with E-state index >= 15 is 0 Å². The van der Waals surface area contributed by atoms with Gasteiger partial charge in [0, 0.05) is 34.0 Å². The van der Waals surface area contributed by atoms with Gasteiger partial charge in [-0.2, -0.15) is 0 Å². The third-order valence-corrected chi connectivity index (χ3v) is 7.70. The molecule has 0 spiro atoms. The summed E-state index contributed by atoms with van der Waals surface area (Å²) in [6.07, 6.45) is 1.38. The number of carbonyl (C=O) groups excluding carboxylic acids is 2. The van der Waals surface area contributed by atoms with Gasteiger partial charge in [0.1, 0.15) is 6.29 Å². The second-order valence-corrected chi connectivity index (χ2v) is 10.2. The van der Waals surface area contributed by atoms with Gasteiger partial charge in [0.25, 0.3) is 5.91 Å². The van der Waals surface area contributed by atoms with Gasteiger partial charge in [-0.1, -0.05) is 42.5 Å². The van der Waals surface area contributed by atoms with Crippen LogP contribution in [0, 0.1) is 12.8 Å². The highest BCUT2D eigenvalue weighted by molar-refractivity contribution is 7.89. The minimum Gasteiger partial charge on any atom is -0.348 e. The van der Waals surface area contributed by atoms with E-state index in [1.807, 2.05) is 31.8 Å². The largest absolute Gasteiger partial charge is 0.348 e. The minimum atomic E-state index is -3.89. The van der Waals surface area contributed by atoms with Gasteiger partial charge >= 0.3 is 0 Å². The fourth-order valence-electron chi connectivity index (χ4n) is 4.33. The Morgan fingerprint density at radius 1 is 1.06 bits per heavy atom. The normalized spacial score (nSPS) is 19.3. The summed E-state index contributed by atoms with van der Waals surface area (Å²) in [7, 11) is -1.98. The SMILES string of the molecule is BN1CC[C@H](NS(=O)(=O)c2ccc(NC(=O)c3ccccc3C)c3ccccc23)[C@@H](C=O)C1. The van der Waals surface area contributed by atoms with E-state index in [9.17, 15) is 18.0 Å². The Hall–Kier alpha value is -3.01. The van der Waals surface area contributed by atoms with Crippen LogP contribution in [-0.4, -0.2) is 52.5 Å². The average molecular weight is 463 g/mol. The van der Waals surface area contributed by atoms with Gasteiger partial charge in [-0.05, 0) is 50.2 Å². The molecule has 3 aromatic rings. The van der Waals surface area contributed by atoms with Crippen molar-refractivity contribution in [3.63, 3.8) is 0 Å². The molecule has 1 fully saturated rings. The van der Waals surface area contributed by atoms with E-state index in [0.29, 0.717) is 41.5 Å². The van der Waals surface area contributed by atoms with E-state index in [-0.39, 0.29) is 10.8 Å². The van der Waals surface area contributed by atoms with Crippen LogP contribution in [0.4, 0.5) is 5.69 Å². The summed E-state index contributed by atoms with van der Waals surface area (Å²) in [6, 6.07) is 17.0. The summed E-state index contributed by atoms with van der Waals surface area (Å²) < 4.78 is 29.4. The van der Waals surface area contributed by atoms with Gasteiger partial charge in [0.2, 0.25) is 10.0 Å². The summed E-state index contributed by atoms with van der Waals surface area (Å²) in [5, 5.41) is 4.04. The maximum absolute atomic E-state index is 13.3. The van der Waals surface area contributed by atoms with Gasteiger partial charge < -0.3 is 14.9 Å². The maximum Gasteiger partial charge on any atom is 0.255 e. The van der Waals surface area contributed by atoms with E-state index in [1.54, 1.807) is 42.5 Å². The van der Waals surface area contributed by atoms with Crippen molar-refractivity contribution in [1.29, 1.82) is 0 Å². The zero-order chi connectivity index (χ0) is 23.6. The van der Waals surface area contributed by atoms with Crippen molar-refractivity contribution >= 4 is 46.7 Å². The zero-order valence-corrected chi connectivity index (χ0v) is 19.4. The molecular weight excluding hydrogens is 437 g/mol. The van der Waals surface area contributed by atoms with Crippen LogP contribution in [0.5, 0.6) is 0 Å². The van der Waals surface area contributed by atoms with Gasteiger partial charge in [-0.25, -0.2) is 13.1 Å². The number of aldehydes is 1. The van der Waals surface area contributed by atoms with Crippen molar-refractivity contribution < 1.29 is 18.0 Å². The lowest BCUT2D eigenvalue weighted by atomic mass is 9.92. The van der Waals surface area contributed by atoms with E-state index in [0.717, 1.165) is 11.8 Å². The van der Waals surface area contributed by atoms with Gasteiger partial charge in [-0.3, -0.25) is 4.79 Å². The van der Waals surface area contributed by atoms with Gasteiger partial charge in [0.05, 0.1) is 4.90 Å². The number of hydrogen-bond acceptors (Lipinski definition) is 5. The molecular formula is C24H26BN3O4S. The first kappa shape index (κ1) is 23.2. The van der Waals surface area contributed by atoms with E-state index < -0.39 is 22.0 Å². The predicted molar refractivity (Wildman–Crippen MR) is 131 cm³/mol. The number of nitrogens with zero attached hydrogens (tertiary/aromatic N) is 1. The number of anilines is 1. The molecule has 1 aliphatic rings. The Balaban J connectivity index is 1.67. The molecule has 0 saturated carbocycles. The third kappa shape index (κ3) is 4.85. The molecule has 1 aliphatic heterocycles. The van der Waals surface area contributed by atoms with Crippen molar-refractivity contribution in [3.05, 3.63) is 71.8 Å². The summed E-state index contributed by atoms with van der Waals surface area (Å²) in [4.78, 5) is 26.5. The molecule has 0 bridgehead atoms. The fourth-order valence-corrected chi connectivity index (χ4v) is 5.86. The number of sulfonamides is 1. The molecule has 1 amide bonds. The van der Waals surface area contributed by atoms with Crippen molar-refractivity contribution in [2.75, 3.05) is 18.4 Å². The molecule has 4 rings (SSSR count). The Morgan fingerprint density at radius 3 is 2.48 bits per heavy atom. The Bertz CT molecular complexity index is 1310. The van der Waals surface area contributed by atoms with E-state index in [1.165, 1.54) is 6.07 Å². The molecule has 0 radical (unpaired) electrons. The van der Waals surface area contributed by atoms with Crippen LogP contribution in [0.15, 0.2) is 65.6 Å². The molecule has 3 aromatic carbocycles. The number of carbonyl (C=O) groups is 2. The lowest BCUT2D eigenvalue weighted by Gasteiger charge is -2.34. The zero-order valence-electron chi connectivity index (χ0n) is 18.6. The summed E-state index contributed by atoms with van der Waals surface area (Å²) in [5.74, 6) is -0.662. The minimum absolute atomic E-state index is 0.121. The molecule has 0 aromatic heterocycles. The first-order valence-corrected chi connectivity index (χ1v) is 12.3. The molecule has 0 aliphatic carbocycles. The number of rotatable bonds is 6. The van der Waals surface area contributed by atoms with Crippen molar-refractivity contribution in [2.24, 2.45) is 5.92 Å². The lowest BCUT2D eigenvalue weighted by Crippen LogP contribution is -2.50. The quantitative estimate of drug-likeness (QED) is 0.432. The molecule has 1 heterocycles. The maximum atomic E-state index is 13.3. The lowest BCUT2D eigenvalue weighted by molar-refractivity contribution is -0.112. The highest BCUT2D eigenvalue weighted by Gasteiger charge is 2.32. The summed E-state index contributed by atoms with van der Waals surface area (Å²) in [5.41, 5.74) is 1.94. The van der Waals surface area contributed by atoms with Crippen LogP contribution in [0.1, 0.15) is 22.3 Å². The number of fused-ring (bicyclic) bond motifs is 1. The third-order valence-electron chi connectivity index (χ3n) is 6.15. The Labute approximate surface area is 194 Å². The number of aryl methyl sites for hydroxylation is 1. The second kappa shape index (κ2) is 9.47. The van der Waals surface area contributed by atoms with Gasteiger partial charge in [-0.15, -0.1) is 0 Å². The van der Waals surface area contributed by atoms with Crippen LogP contribution in [0.25, 0.3) is 10.8 Å². The number of piperidine rings is 1. The molecule has 2 atom stereocenters. The molecule has 1 saturated heterocycles. The predicted octanol–water partition coefficient (Wildman–Crippen LogP) is 2.12. The van der Waals surface area contributed by atoms with Crippen LogP contribution in [0.3, 0.4) is 0 Å². The summed E-state index contributed by atoms with van der Waals surface area (Å²) >= 11 is 0. The second-order valence-electron chi connectivity index (χ2n) is 8.50. The molecule has 7 nitrogen and oxygen atoms in total. The number of hydrogen-bond donors (Lipinski definition) is 2. The number of benzene rings is 3. The Kier molecular flexibility index (Phi) is 6.64. The topological polar surface area (TPSA) is 95.6 Å². The van der Waals surface area contributed by atoms with Crippen molar-refractivity contribution in [3.8, 4) is 0 Å².